The number of aryl methyl sites for hydroxylation is 2. The Labute approximate surface area is 179 Å². The highest BCUT2D eigenvalue weighted by atomic mass is 35.5. The van der Waals surface area contributed by atoms with E-state index < -0.39 is 11.6 Å². The Morgan fingerprint density at radius 2 is 1.97 bits per heavy atom. The number of aromatic nitrogens is 4. The topological polar surface area (TPSA) is 113 Å². The number of carbonyl (C=O) groups is 2. The molecule has 0 fully saturated rings. The number of fused-ring (bicyclic) bond motifs is 1. The molecule has 0 aliphatic heterocycles. The molecule has 0 atom stereocenters. The van der Waals surface area contributed by atoms with Crippen LogP contribution in [-0.2, 0) is 17.7 Å². The summed E-state index contributed by atoms with van der Waals surface area (Å²) in [5, 5.41) is 0.114. The number of esters is 1. The van der Waals surface area contributed by atoms with E-state index in [4.69, 9.17) is 22.1 Å². The first-order valence-electron chi connectivity index (χ1n) is 9.62. The minimum atomic E-state index is -0.578. The number of Topliss-reactive ketones (excluding diaryl/α,β-unsaturated/α-hetero) is 1. The molecule has 0 bridgehead atoms. The molecule has 0 amide bonds. The molecule has 9 heteroatoms. The third-order valence-corrected chi connectivity index (χ3v) is 4.57. The number of nitrogens with zero attached hydrogens (tertiary/aromatic N) is 4. The Balaban J connectivity index is 1.84. The summed E-state index contributed by atoms with van der Waals surface area (Å²) in [5.41, 5.74) is 7.22. The number of imidazole rings is 1. The zero-order valence-corrected chi connectivity index (χ0v) is 18.2. The number of carbonyl (C=O) groups excluding carboxylic acids is 2. The molecule has 3 rings (SSSR count). The summed E-state index contributed by atoms with van der Waals surface area (Å²) in [6.07, 6.45) is 1.84. The predicted octanol–water partition coefficient (Wildman–Crippen LogP) is 3.85. The summed E-state index contributed by atoms with van der Waals surface area (Å²) in [7, 11) is 0. The highest BCUT2D eigenvalue weighted by molar-refractivity contribution is 6.29. The number of halogens is 1. The molecule has 0 saturated carbocycles. The van der Waals surface area contributed by atoms with E-state index in [1.54, 1.807) is 12.1 Å². The van der Waals surface area contributed by atoms with Crippen LogP contribution in [0.25, 0.3) is 11.0 Å². The Hall–Kier alpha value is -3.00. The van der Waals surface area contributed by atoms with Gasteiger partial charge in [-0.1, -0.05) is 11.6 Å². The fraction of sp³-hybridized carbons (Fsp3) is 0.381. The van der Waals surface area contributed by atoms with Crippen molar-refractivity contribution in [3.05, 3.63) is 46.6 Å². The quantitative estimate of drug-likeness (QED) is 0.467. The van der Waals surface area contributed by atoms with Crippen molar-refractivity contribution in [2.45, 2.75) is 52.7 Å². The van der Waals surface area contributed by atoms with Crippen LogP contribution < -0.4 is 5.73 Å². The normalized spacial score (nSPS) is 11.6. The van der Waals surface area contributed by atoms with Gasteiger partial charge in [0.05, 0.1) is 22.8 Å². The molecule has 2 aromatic heterocycles. The second kappa shape index (κ2) is 8.39. The van der Waals surface area contributed by atoms with Gasteiger partial charge >= 0.3 is 5.97 Å². The highest BCUT2D eigenvalue weighted by Gasteiger charge is 2.20. The number of hydrogen-bond acceptors (Lipinski definition) is 7. The van der Waals surface area contributed by atoms with Gasteiger partial charge in [-0.3, -0.25) is 4.79 Å². The molecule has 0 aliphatic carbocycles. The molecule has 0 aliphatic rings. The first-order chi connectivity index (χ1) is 14.1. The number of ketones is 1. The van der Waals surface area contributed by atoms with E-state index in [0.29, 0.717) is 24.0 Å². The van der Waals surface area contributed by atoms with Crippen LogP contribution >= 0.6 is 11.6 Å². The summed E-state index contributed by atoms with van der Waals surface area (Å²) in [4.78, 5) is 37.4. The van der Waals surface area contributed by atoms with E-state index >= 15 is 0 Å². The number of rotatable bonds is 6. The minimum Gasteiger partial charge on any atom is -0.456 e. The van der Waals surface area contributed by atoms with E-state index in [1.807, 2.05) is 38.3 Å². The van der Waals surface area contributed by atoms with Crippen LogP contribution in [0.3, 0.4) is 0 Å². The third kappa shape index (κ3) is 4.76. The summed E-state index contributed by atoms with van der Waals surface area (Å²) in [6, 6.07) is 5.28. The lowest BCUT2D eigenvalue weighted by atomic mass is 10.1. The number of nitrogen functional groups attached to an aromatic ring is 1. The molecule has 0 saturated heterocycles. The zero-order chi connectivity index (χ0) is 22.1. The lowest BCUT2D eigenvalue weighted by molar-refractivity contribution is 0.00696. The molecule has 3 aromatic rings. The first kappa shape index (κ1) is 21.7. The second-order valence-corrected chi connectivity index (χ2v) is 8.21. The fourth-order valence-electron chi connectivity index (χ4n) is 3.11. The maximum absolute atomic E-state index is 12.5. The first-order valence-corrected chi connectivity index (χ1v) is 10.0. The van der Waals surface area contributed by atoms with Crippen molar-refractivity contribution in [1.82, 2.24) is 19.5 Å². The average Bonchev–Trinajstić information content (AvgIpc) is 3.03. The molecule has 158 valence electrons. The van der Waals surface area contributed by atoms with Crippen LogP contribution in [0.2, 0.25) is 5.15 Å². The van der Waals surface area contributed by atoms with Crippen LogP contribution in [0.4, 0.5) is 5.82 Å². The zero-order valence-electron chi connectivity index (χ0n) is 17.4. The van der Waals surface area contributed by atoms with Gasteiger partial charge in [0.2, 0.25) is 0 Å². The van der Waals surface area contributed by atoms with Crippen LogP contribution in [0.5, 0.6) is 0 Å². The molecule has 0 radical (unpaired) electrons. The summed E-state index contributed by atoms with van der Waals surface area (Å²) in [6.45, 7) is 8.13. The van der Waals surface area contributed by atoms with Crippen LogP contribution in [-0.4, -0.2) is 36.9 Å². The summed E-state index contributed by atoms with van der Waals surface area (Å²) < 4.78 is 7.44. The van der Waals surface area contributed by atoms with E-state index in [1.165, 1.54) is 6.20 Å². The fourth-order valence-corrected chi connectivity index (χ4v) is 3.25. The summed E-state index contributed by atoms with van der Waals surface area (Å²) >= 11 is 5.82. The SMILES string of the molecule is CCn1c(CCC(=O)c2nc(Cl)cnc2N)nc2cc(C(=O)OC(C)(C)C)ccc21. The number of ether oxygens (including phenoxy) is 1. The van der Waals surface area contributed by atoms with Crippen LogP contribution in [0.15, 0.2) is 24.4 Å². The Bertz CT molecular complexity index is 1120. The molecule has 2 N–H and O–H groups in total. The van der Waals surface area contributed by atoms with E-state index in [9.17, 15) is 9.59 Å². The smallest absolute Gasteiger partial charge is 0.338 e. The van der Waals surface area contributed by atoms with Gasteiger partial charge < -0.3 is 15.0 Å². The van der Waals surface area contributed by atoms with Gasteiger partial charge in [0.1, 0.15) is 22.3 Å². The standard InChI is InChI=1S/C21H24ClN5O3/c1-5-27-14-7-6-12(20(29)30-21(2,3)4)10-13(14)25-17(27)9-8-15(28)18-19(23)24-11-16(22)26-18/h6-7,10-11H,5,8-9H2,1-4H3,(H2,23,24). The third-order valence-electron chi connectivity index (χ3n) is 4.39. The van der Waals surface area contributed by atoms with Crippen molar-refractivity contribution >= 4 is 40.2 Å². The molecule has 8 nitrogen and oxygen atoms in total. The maximum atomic E-state index is 12.5. The van der Waals surface area contributed by atoms with Crippen molar-refractivity contribution in [3.63, 3.8) is 0 Å². The van der Waals surface area contributed by atoms with Gasteiger partial charge in [0.15, 0.2) is 11.6 Å². The van der Waals surface area contributed by atoms with Crippen molar-refractivity contribution in [1.29, 1.82) is 0 Å². The summed E-state index contributed by atoms with van der Waals surface area (Å²) in [5.74, 6) is 0.125. The van der Waals surface area contributed by atoms with Crippen LogP contribution in [0, 0.1) is 0 Å². The lowest BCUT2D eigenvalue weighted by Gasteiger charge is -2.19. The second-order valence-electron chi connectivity index (χ2n) is 7.83. The van der Waals surface area contributed by atoms with Gasteiger partial charge in [0, 0.05) is 19.4 Å². The van der Waals surface area contributed by atoms with Gasteiger partial charge in [0.25, 0.3) is 0 Å². The largest absolute Gasteiger partial charge is 0.456 e. The molecule has 0 unspecified atom stereocenters. The Morgan fingerprint density at radius 3 is 2.63 bits per heavy atom. The van der Waals surface area contributed by atoms with E-state index in [0.717, 1.165) is 11.3 Å². The maximum Gasteiger partial charge on any atom is 0.338 e. The van der Waals surface area contributed by atoms with Gasteiger partial charge in [-0.05, 0) is 45.9 Å². The van der Waals surface area contributed by atoms with E-state index in [2.05, 4.69) is 15.0 Å². The van der Waals surface area contributed by atoms with Crippen LogP contribution in [0.1, 0.15) is 60.8 Å². The molecule has 0 spiro atoms. The van der Waals surface area contributed by atoms with Gasteiger partial charge in [-0.15, -0.1) is 0 Å². The van der Waals surface area contributed by atoms with Crippen molar-refractivity contribution in [3.8, 4) is 0 Å². The van der Waals surface area contributed by atoms with Crippen molar-refractivity contribution in [2.24, 2.45) is 0 Å². The predicted molar refractivity (Wildman–Crippen MR) is 115 cm³/mol. The van der Waals surface area contributed by atoms with Gasteiger partial charge in [-0.25, -0.2) is 19.7 Å². The minimum absolute atomic E-state index is 0.0513. The number of benzene rings is 1. The van der Waals surface area contributed by atoms with Crippen molar-refractivity contribution in [2.75, 3.05) is 5.73 Å². The highest BCUT2D eigenvalue weighted by Crippen LogP contribution is 2.22. The number of nitrogens with two attached hydrogens (primary N) is 1. The number of hydrogen-bond donors (Lipinski definition) is 1. The number of anilines is 1. The molecular weight excluding hydrogens is 406 g/mol. The van der Waals surface area contributed by atoms with E-state index in [-0.39, 0.29) is 28.9 Å². The molecule has 30 heavy (non-hydrogen) atoms. The molecule has 2 heterocycles. The monoisotopic (exact) mass is 429 g/mol. The van der Waals surface area contributed by atoms with Crippen molar-refractivity contribution < 1.29 is 14.3 Å². The molecule has 1 aromatic carbocycles. The average molecular weight is 430 g/mol. The molecular formula is C21H24ClN5O3. The Kier molecular flexibility index (Phi) is 6.07. The lowest BCUT2D eigenvalue weighted by Crippen LogP contribution is -2.23. The Morgan fingerprint density at radius 1 is 1.23 bits per heavy atom. The van der Waals surface area contributed by atoms with Gasteiger partial charge in [-0.2, -0.15) is 0 Å².